The molecular formula is C47H35GeNO2. The third-order valence-electron chi connectivity index (χ3n) is 11.7. The number of rotatable bonds is 2. The number of carbonyl (C=O) groups excluding carboxylic acids is 2. The molecule has 51 heavy (non-hydrogen) atoms. The Balaban J connectivity index is 1.11. The Labute approximate surface area is 300 Å². The third-order valence-corrected chi connectivity index (χ3v) is 19.1. The van der Waals surface area contributed by atoms with E-state index < -0.39 is 13.3 Å². The molecule has 7 aromatic rings. The molecule has 10 rings (SSSR count). The molecule has 2 aliphatic carbocycles. The van der Waals surface area contributed by atoms with E-state index in [-0.39, 0.29) is 22.6 Å². The first-order valence-corrected chi connectivity index (χ1v) is 24.0. The second-order valence-electron chi connectivity index (χ2n) is 15.3. The number of allylic oxidation sites excluding steroid dienone is 1. The van der Waals surface area contributed by atoms with Crippen LogP contribution in [0.25, 0.3) is 38.7 Å². The molecule has 0 atom stereocenters. The Hall–Kier alpha value is -5.52. The Morgan fingerprint density at radius 1 is 0.569 bits per heavy atom. The van der Waals surface area contributed by atoms with Crippen LogP contribution in [0.3, 0.4) is 0 Å². The average molecular weight is 718 g/mol. The summed E-state index contributed by atoms with van der Waals surface area (Å²) in [6.45, 7) is 4.68. The molecule has 3 nitrogen and oxygen atoms in total. The molecule has 1 heterocycles. The van der Waals surface area contributed by atoms with Crippen LogP contribution in [-0.2, 0) is 5.41 Å². The van der Waals surface area contributed by atoms with Crippen LogP contribution in [0.4, 0.5) is 17.1 Å². The van der Waals surface area contributed by atoms with Gasteiger partial charge in [-0.15, -0.1) is 0 Å². The van der Waals surface area contributed by atoms with E-state index in [1.165, 1.54) is 53.5 Å². The maximum absolute atomic E-state index is 13.6. The first kappa shape index (κ1) is 30.3. The van der Waals surface area contributed by atoms with Crippen LogP contribution in [-0.4, -0.2) is 24.8 Å². The summed E-state index contributed by atoms with van der Waals surface area (Å²) in [4.78, 5) is 29.6. The molecule has 0 radical (unpaired) electrons. The van der Waals surface area contributed by atoms with E-state index in [0.717, 1.165) is 21.7 Å². The van der Waals surface area contributed by atoms with Crippen LogP contribution in [0, 0.1) is 0 Å². The fourth-order valence-electron chi connectivity index (χ4n) is 9.15. The molecule has 4 heteroatoms. The van der Waals surface area contributed by atoms with Crippen molar-refractivity contribution in [3.8, 4) is 11.1 Å². The summed E-state index contributed by atoms with van der Waals surface area (Å²) in [5.74, 6) is 4.61. The van der Waals surface area contributed by atoms with Crippen molar-refractivity contribution in [3.63, 3.8) is 0 Å². The monoisotopic (exact) mass is 719 g/mol. The zero-order chi connectivity index (χ0) is 34.8. The molecule has 0 aromatic heterocycles. The molecule has 0 fully saturated rings. The molecule has 0 amide bonds. The number of nitrogens with zero attached hydrogens (tertiary/aromatic N) is 1. The van der Waals surface area contributed by atoms with Crippen LogP contribution < -0.4 is 13.7 Å². The van der Waals surface area contributed by atoms with Gasteiger partial charge < -0.3 is 0 Å². The first-order valence-electron chi connectivity index (χ1n) is 17.7. The Kier molecular flexibility index (Phi) is 6.24. The van der Waals surface area contributed by atoms with E-state index >= 15 is 0 Å². The van der Waals surface area contributed by atoms with E-state index in [9.17, 15) is 9.59 Å². The van der Waals surface area contributed by atoms with Gasteiger partial charge in [0.2, 0.25) is 0 Å². The van der Waals surface area contributed by atoms with Crippen molar-refractivity contribution in [3.05, 3.63) is 167 Å². The predicted octanol–water partition coefficient (Wildman–Crippen LogP) is 10.4. The molecule has 1 aliphatic heterocycles. The number of fused-ring (bicyclic) bond motifs is 9. The molecule has 3 aliphatic rings. The Bertz CT molecular complexity index is 2690. The van der Waals surface area contributed by atoms with Gasteiger partial charge in [-0.05, 0) is 0 Å². The van der Waals surface area contributed by atoms with Crippen molar-refractivity contribution < 1.29 is 9.59 Å². The SMILES string of the molecule is CC1(C)c2ccccc2-c2ccc(N3c4cccc[c]4[Ge]([CH3])([CH3])[c]4c3ccc3cc(C=C5C(=O)c6cc7ccccc7cc6C5=O)ccc43)cc21. The van der Waals surface area contributed by atoms with Crippen LogP contribution in [0.15, 0.2) is 139 Å². The van der Waals surface area contributed by atoms with Gasteiger partial charge in [0.15, 0.2) is 0 Å². The molecule has 0 spiro atoms. The van der Waals surface area contributed by atoms with Crippen molar-refractivity contribution in [2.75, 3.05) is 4.90 Å². The first-order chi connectivity index (χ1) is 24.6. The maximum atomic E-state index is 13.6. The molecule has 0 unspecified atom stereocenters. The van der Waals surface area contributed by atoms with Gasteiger partial charge >= 0.3 is 289 Å². The average Bonchev–Trinajstić information content (AvgIpc) is 3.51. The van der Waals surface area contributed by atoms with E-state index in [1.54, 1.807) is 6.08 Å². The molecule has 0 N–H and O–H groups in total. The number of carbonyl (C=O) groups is 2. The van der Waals surface area contributed by atoms with Gasteiger partial charge in [0.25, 0.3) is 0 Å². The van der Waals surface area contributed by atoms with Crippen molar-refractivity contribution in [1.82, 2.24) is 0 Å². The molecule has 0 saturated heterocycles. The van der Waals surface area contributed by atoms with Gasteiger partial charge in [0.1, 0.15) is 0 Å². The molecule has 0 bridgehead atoms. The summed E-state index contributed by atoms with van der Waals surface area (Å²) in [6, 6.07) is 47.3. The zero-order valence-electron chi connectivity index (χ0n) is 29.0. The zero-order valence-corrected chi connectivity index (χ0v) is 31.1. The van der Waals surface area contributed by atoms with Crippen molar-refractivity contribution in [1.29, 1.82) is 0 Å². The van der Waals surface area contributed by atoms with Crippen LogP contribution in [0.2, 0.25) is 11.5 Å². The number of benzene rings is 7. The Morgan fingerprint density at radius 3 is 2.00 bits per heavy atom. The fourth-order valence-corrected chi connectivity index (χ4v) is 16.2. The standard InChI is InChI=1S/C47H35GeNO2/c1-47(2)39-14-8-7-13-34(39)35-21-19-32(27-40(35)47)49-42-16-10-9-15-41(42)48(3,4)44-33-20-17-28(23-31(33)18-22-43(44)49)24-38-45(50)36-25-29-11-5-6-12-30(29)26-37(36)46(38)51/h5-27H,1-4H3. The minimum absolute atomic E-state index is 0.0949. The van der Waals surface area contributed by atoms with Gasteiger partial charge in [-0.1, -0.05) is 12.1 Å². The summed E-state index contributed by atoms with van der Waals surface area (Å²) in [6.07, 6.45) is 1.78. The summed E-state index contributed by atoms with van der Waals surface area (Å²) >= 11 is -2.84. The van der Waals surface area contributed by atoms with Gasteiger partial charge in [0, 0.05) is 0 Å². The number of Topliss-reactive ketones (excluding diaryl/α,β-unsaturated/α-hetero) is 2. The summed E-state index contributed by atoms with van der Waals surface area (Å²) in [5.41, 5.74) is 11.1. The van der Waals surface area contributed by atoms with Gasteiger partial charge in [0.05, 0.1) is 0 Å². The summed E-state index contributed by atoms with van der Waals surface area (Å²) < 4.78 is 2.90. The van der Waals surface area contributed by atoms with Crippen molar-refractivity contribution >= 4 is 78.3 Å². The molecule has 244 valence electrons. The minimum atomic E-state index is -2.84. The topological polar surface area (TPSA) is 37.4 Å². The van der Waals surface area contributed by atoms with Gasteiger partial charge in [-0.3, -0.25) is 0 Å². The normalized spacial score (nSPS) is 16.2. The summed E-state index contributed by atoms with van der Waals surface area (Å²) in [5, 5.41) is 4.29. The van der Waals surface area contributed by atoms with E-state index in [0.29, 0.717) is 11.1 Å². The van der Waals surface area contributed by atoms with E-state index in [4.69, 9.17) is 0 Å². The van der Waals surface area contributed by atoms with Crippen molar-refractivity contribution in [2.24, 2.45) is 0 Å². The predicted molar refractivity (Wildman–Crippen MR) is 214 cm³/mol. The fraction of sp³-hybridized carbons (Fsp3) is 0.106. The third kappa shape index (κ3) is 4.19. The molecular weight excluding hydrogens is 683 g/mol. The second kappa shape index (κ2) is 10.5. The number of anilines is 3. The molecule has 7 aromatic carbocycles. The van der Waals surface area contributed by atoms with Crippen LogP contribution >= 0.6 is 0 Å². The number of ketones is 2. The Morgan fingerprint density at radius 2 is 1.24 bits per heavy atom. The van der Waals surface area contributed by atoms with Crippen LogP contribution in [0.1, 0.15) is 51.3 Å². The second-order valence-corrected chi connectivity index (χ2v) is 24.3. The van der Waals surface area contributed by atoms with E-state index in [1.807, 2.05) is 36.4 Å². The van der Waals surface area contributed by atoms with Gasteiger partial charge in [-0.25, -0.2) is 0 Å². The quantitative estimate of drug-likeness (QED) is 0.102. The van der Waals surface area contributed by atoms with E-state index in [2.05, 4.69) is 127 Å². The number of hydrogen-bond donors (Lipinski definition) is 0. The van der Waals surface area contributed by atoms with Crippen LogP contribution in [0.5, 0.6) is 0 Å². The number of hydrogen-bond acceptors (Lipinski definition) is 3. The number of para-hydroxylation sites is 1. The van der Waals surface area contributed by atoms with Gasteiger partial charge in [-0.2, -0.15) is 0 Å². The molecule has 0 saturated carbocycles. The van der Waals surface area contributed by atoms with Crippen molar-refractivity contribution in [2.45, 2.75) is 30.8 Å². The summed E-state index contributed by atoms with van der Waals surface area (Å²) in [7, 11) is 0.